The van der Waals surface area contributed by atoms with Crippen molar-refractivity contribution in [2.45, 2.75) is 31.9 Å². The van der Waals surface area contributed by atoms with Crippen LogP contribution in [0.5, 0.6) is 0 Å². The molecule has 2 aromatic rings. The summed E-state index contributed by atoms with van der Waals surface area (Å²) in [6.07, 6.45) is 0.693. The third-order valence-corrected chi connectivity index (χ3v) is 4.90. The third kappa shape index (κ3) is 5.90. The fraction of sp³-hybridized carbons (Fsp3) is 0.409. The van der Waals surface area contributed by atoms with E-state index in [9.17, 15) is 13.9 Å². The maximum atomic E-state index is 14.0. The summed E-state index contributed by atoms with van der Waals surface area (Å²) < 4.78 is 28.1. The third-order valence-electron chi connectivity index (χ3n) is 4.90. The molecule has 0 amide bonds. The summed E-state index contributed by atoms with van der Waals surface area (Å²) in [4.78, 5) is 6.20. The standard InChI is InChI=1S/C22H28F2N4O/c1-2-25-22(26-14-18(29)13-16-7-4-3-5-8-16)27-17-11-12-28(15-17)21-19(23)9-6-10-20(21)24/h3-10,17-18,29H,2,11-15H2,1H3,(H2,25,26,27). The predicted molar refractivity (Wildman–Crippen MR) is 112 cm³/mol. The molecule has 0 radical (unpaired) electrons. The zero-order valence-electron chi connectivity index (χ0n) is 16.6. The van der Waals surface area contributed by atoms with Crippen molar-refractivity contribution in [3.05, 3.63) is 65.7 Å². The first-order chi connectivity index (χ1) is 14.1. The van der Waals surface area contributed by atoms with Crippen molar-refractivity contribution in [3.8, 4) is 0 Å². The summed E-state index contributed by atoms with van der Waals surface area (Å²) in [5.41, 5.74) is 1.09. The number of para-hydroxylation sites is 1. The van der Waals surface area contributed by atoms with Gasteiger partial charge in [-0.3, -0.25) is 4.99 Å². The molecule has 1 aliphatic heterocycles. The summed E-state index contributed by atoms with van der Waals surface area (Å²) in [5.74, 6) is -0.494. The van der Waals surface area contributed by atoms with Crippen LogP contribution in [0.15, 0.2) is 53.5 Å². The van der Waals surface area contributed by atoms with E-state index in [-0.39, 0.29) is 18.3 Å². The molecule has 0 spiro atoms. The zero-order chi connectivity index (χ0) is 20.6. The quantitative estimate of drug-likeness (QED) is 0.492. The van der Waals surface area contributed by atoms with Crippen molar-refractivity contribution in [1.29, 1.82) is 0 Å². The first kappa shape index (κ1) is 21.0. The molecule has 1 saturated heterocycles. The number of nitrogens with one attached hydrogen (secondary N) is 2. The Hall–Kier alpha value is -2.67. The molecular weight excluding hydrogens is 374 g/mol. The molecule has 0 saturated carbocycles. The van der Waals surface area contributed by atoms with Gasteiger partial charge in [0, 0.05) is 32.1 Å². The molecule has 7 heteroatoms. The van der Waals surface area contributed by atoms with Gasteiger partial charge in [0.2, 0.25) is 0 Å². The Bertz CT molecular complexity index is 795. The number of benzene rings is 2. The average Bonchev–Trinajstić information content (AvgIpc) is 3.15. The summed E-state index contributed by atoms with van der Waals surface area (Å²) in [7, 11) is 0. The van der Waals surface area contributed by atoms with E-state index in [0.717, 1.165) is 12.0 Å². The summed E-state index contributed by atoms with van der Waals surface area (Å²) in [6.45, 7) is 3.95. The van der Waals surface area contributed by atoms with Crippen molar-refractivity contribution in [3.63, 3.8) is 0 Å². The number of rotatable bonds is 7. The van der Waals surface area contributed by atoms with Gasteiger partial charge in [-0.1, -0.05) is 36.4 Å². The number of aliphatic hydroxyl groups excluding tert-OH is 1. The first-order valence-electron chi connectivity index (χ1n) is 10.0. The van der Waals surface area contributed by atoms with Crippen LogP contribution in [0.25, 0.3) is 0 Å². The second kappa shape index (κ2) is 10.2. The summed E-state index contributed by atoms with van der Waals surface area (Å²) in [5, 5.41) is 16.8. The van der Waals surface area contributed by atoms with Crippen LogP contribution in [-0.2, 0) is 6.42 Å². The lowest BCUT2D eigenvalue weighted by Gasteiger charge is -2.21. The van der Waals surface area contributed by atoms with Crippen LogP contribution in [0, 0.1) is 11.6 Å². The molecule has 2 unspecified atom stereocenters. The predicted octanol–water partition coefficient (Wildman–Crippen LogP) is 2.70. The number of anilines is 1. The molecule has 0 aromatic heterocycles. The van der Waals surface area contributed by atoms with Crippen molar-refractivity contribution in [2.24, 2.45) is 4.99 Å². The number of nitrogens with zero attached hydrogens (tertiary/aromatic N) is 2. The largest absolute Gasteiger partial charge is 0.391 e. The topological polar surface area (TPSA) is 59.9 Å². The van der Waals surface area contributed by atoms with Gasteiger partial charge in [-0.05, 0) is 31.0 Å². The number of aliphatic imine (C=N–C) groups is 1. The van der Waals surface area contributed by atoms with Gasteiger partial charge in [-0.2, -0.15) is 0 Å². The van der Waals surface area contributed by atoms with E-state index in [1.807, 2.05) is 37.3 Å². The number of hydrogen-bond acceptors (Lipinski definition) is 3. The van der Waals surface area contributed by atoms with Crippen molar-refractivity contribution < 1.29 is 13.9 Å². The van der Waals surface area contributed by atoms with Crippen LogP contribution in [0.2, 0.25) is 0 Å². The molecule has 3 N–H and O–H groups in total. The van der Waals surface area contributed by atoms with E-state index in [2.05, 4.69) is 15.6 Å². The molecular formula is C22H28F2N4O. The Kier molecular flexibility index (Phi) is 7.41. The molecule has 2 aromatic carbocycles. The molecule has 156 valence electrons. The Balaban J connectivity index is 1.57. The summed E-state index contributed by atoms with van der Waals surface area (Å²) >= 11 is 0. The molecule has 3 rings (SSSR count). The fourth-order valence-corrected chi connectivity index (χ4v) is 3.53. The van der Waals surface area contributed by atoms with Gasteiger partial charge in [0.1, 0.15) is 17.3 Å². The zero-order valence-corrected chi connectivity index (χ0v) is 16.6. The highest BCUT2D eigenvalue weighted by Gasteiger charge is 2.27. The van der Waals surface area contributed by atoms with E-state index >= 15 is 0 Å². The fourth-order valence-electron chi connectivity index (χ4n) is 3.53. The Labute approximate surface area is 170 Å². The average molecular weight is 402 g/mol. The van der Waals surface area contributed by atoms with Crippen LogP contribution in [0.3, 0.4) is 0 Å². The van der Waals surface area contributed by atoms with Gasteiger partial charge in [-0.25, -0.2) is 8.78 Å². The molecule has 0 bridgehead atoms. The molecule has 2 atom stereocenters. The summed E-state index contributed by atoms with van der Waals surface area (Å²) in [6, 6.07) is 13.7. The first-order valence-corrected chi connectivity index (χ1v) is 10.0. The van der Waals surface area contributed by atoms with Gasteiger partial charge in [0.05, 0.1) is 12.6 Å². The molecule has 1 fully saturated rings. The highest BCUT2D eigenvalue weighted by molar-refractivity contribution is 5.80. The van der Waals surface area contributed by atoms with Crippen molar-refractivity contribution >= 4 is 11.6 Å². The second-order valence-electron chi connectivity index (χ2n) is 7.21. The molecule has 29 heavy (non-hydrogen) atoms. The SMILES string of the molecule is CCNC(=NCC(O)Cc1ccccc1)NC1CCN(c2c(F)cccc2F)C1. The van der Waals surface area contributed by atoms with Gasteiger partial charge in [-0.15, -0.1) is 0 Å². The van der Waals surface area contributed by atoms with Gasteiger partial charge < -0.3 is 20.6 Å². The van der Waals surface area contributed by atoms with Crippen LogP contribution in [0.4, 0.5) is 14.5 Å². The van der Waals surface area contributed by atoms with Crippen LogP contribution in [0.1, 0.15) is 18.9 Å². The van der Waals surface area contributed by atoms with Crippen LogP contribution in [-0.4, -0.2) is 49.4 Å². The lowest BCUT2D eigenvalue weighted by molar-refractivity contribution is 0.183. The van der Waals surface area contributed by atoms with E-state index in [1.54, 1.807) is 4.90 Å². The Morgan fingerprint density at radius 1 is 1.17 bits per heavy atom. The maximum absolute atomic E-state index is 14.0. The van der Waals surface area contributed by atoms with E-state index in [0.29, 0.717) is 32.0 Å². The molecule has 1 aliphatic rings. The van der Waals surface area contributed by atoms with Gasteiger partial charge >= 0.3 is 0 Å². The Morgan fingerprint density at radius 2 is 1.90 bits per heavy atom. The highest BCUT2D eigenvalue weighted by atomic mass is 19.1. The number of halogens is 2. The highest BCUT2D eigenvalue weighted by Crippen LogP contribution is 2.26. The molecule has 5 nitrogen and oxygen atoms in total. The maximum Gasteiger partial charge on any atom is 0.191 e. The normalized spacial score (nSPS) is 18.0. The monoisotopic (exact) mass is 402 g/mol. The van der Waals surface area contributed by atoms with E-state index in [4.69, 9.17) is 0 Å². The van der Waals surface area contributed by atoms with Crippen LogP contribution < -0.4 is 15.5 Å². The van der Waals surface area contributed by atoms with Crippen LogP contribution >= 0.6 is 0 Å². The number of aliphatic hydroxyl groups is 1. The van der Waals surface area contributed by atoms with E-state index in [1.165, 1.54) is 18.2 Å². The number of guanidine groups is 1. The smallest absolute Gasteiger partial charge is 0.191 e. The van der Waals surface area contributed by atoms with Crippen molar-refractivity contribution in [1.82, 2.24) is 10.6 Å². The molecule has 0 aliphatic carbocycles. The van der Waals surface area contributed by atoms with Crippen molar-refractivity contribution in [2.75, 3.05) is 31.1 Å². The van der Waals surface area contributed by atoms with Gasteiger partial charge in [0.15, 0.2) is 5.96 Å². The minimum Gasteiger partial charge on any atom is -0.391 e. The Morgan fingerprint density at radius 3 is 2.59 bits per heavy atom. The minimum absolute atomic E-state index is 0.0121. The lowest BCUT2D eigenvalue weighted by Crippen LogP contribution is -2.45. The minimum atomic E-state index is -0.583. The number of hydrogen-bond donors (Lipinski definition) is 3. The van der Waals surface area contributed by atoms with E-state index < -0.39 is 17.7 Å². The van der Waals surface area contributed by atoms with Gasteiger partial charge in [0.25, 0.3) is 0 Å². The molecule has 1 heterocycles. The lowest BCUT2D eigenvalue weighted by atomic mass is 10.1. The second-order valence-corrected chi connectivity index (χ2v) is 7.21.